The molecule has 114 valence electrons. The van der Waals surface area contributed by atoms with Crippen molar-refractivity contribution in [3.63, 3.8) is 0 Å². The lowest BCUT2D eigenvalue weighted by Gasteiger charge is -2.16. The minimum Gasteiger partial charge on any atom is -0.368 e. The van der Waals surface area contributed by atoms with Crippen molar-refractivity contribution in [2.75, 3.05) is 5.32 Å². The number of primary amides is 1. The third-order valence-electron chi connectivity index (χ3n) is 3.01. The molecule has 2 aromatic rings. The van der Waals surface area contributed by atoms with Crippen molar-refractivity contribution in [1.29, 1.82) is 0 Å². The summed E-state index contributed by atoms with van der Waals surface area (Å²) >= 11 is 0. The number of amides is 3. The number of carbonyl (C=O) groups is 2. The fourth-order valence-corrected chi connectivity index (χ4v) is 1.96. The van der Waals surface area contributed by atoms with Gasteiger partial charge in [-0.3, -0.25) is 4.79 Å². The maximum Gasteiger partial charge on any atom is 0.319 e. The van der Waals surface area contributed by atoms with E-state index in [4.69, 9.17) is 5.73 Å². The lowest BCUT2D eigenvalue weighted by molar-refractivity contribution is -0.119. The van der Waals surface area contributed by atoms with Crippen LogP contribution in [0.15, 0.2) is 54.6 Å². The molecule has 0 bridgehead atoms. The number of carbonyl (C=O) groups excluding carboxylic acids is 2. The van der Waals surface area contributed by atoms with E-state index in [9.17, 15) is 14.0 Å². The van der Waals surface area contributed by atoms with Crippen molar-refractivity contribution in [3.05, 3.63) is 66.0 Å². The van der Waals surface area contributed by atoms with E-state index in [1.165, 1.54) is 18.2 Å². The van der Waals surface area contributed by atoms with Crippen LogP contribution in [0.3, 0.4) is 0 Å². The summed E-state index contributed by atoms with van der Waals surface area (Å²) in [5.74, 6) is -1.10. The molecule has 6 heteroatoms. The number of urea groups is 1. The highest BCUT2D eigenvalue weighted by Gasteiger charge is 2.18. The van der Waals surface area contributed by atoms with Gasteiger partial charge in [0.2, 0.25) is 5.91 Å². The standard InChI is InChI=1S/C16H16FN3O2/c17-12-7-4-8-13(10-12)19-16(22)20-14(15(18)21)9-11-5-2-1-3-6-11/h1-8,10,14H,9H2,(H2,18,21)(H2,19,20,22)/t14-/m0/s1. The third-order valence-corrected chi connectivity index (χ3v) is 3.01. The first-order valence-corrected chi connectivity index (χ1v) is 6.71. The van der Waals surface area contributed by atoms with Crippen molar-refractivity contribution in [2.24, 2.45) is 5.73 Å². The predicted octanol–water partition coefficient (Wildman–Crippen LogP) is 2.04. The minimum atomic E-state index is -0.851. The Balaban J connectivity index is 1.98. The number of hydrogen-bond donors (Lipinski definition) is 3. The van der Waals surface area contributed by atoms with Gasteiger partial charge in [-0.05, 0) is 23.8 Å². The first-order valence-electron chi connectivity index (χ1n) is 6.71. The Morgan fingerprint density at radius 3 is 2.45 bits per heavy atom. The van der Waals surface area contributed by atoms with E-state index in [-0.39, 0.29) is 6.42 Å². The van der Waals surface area contributed by atoms with Crippen LogP contribution in [-0.2, 0) is 11.2 Å². The zero-order valence-corrected chi connectivity index (χ0v) is 11.8. The lowest BCUT2D eigenvalue weighted by Crippen LogP contribution is -2.47. The van der Waals surface area contributed by atoms with Gasteiger partial charge in [0.05, 0.1) is 0 Å². The summed E-state index contributed by atoms with van der Waals surface area (Å²) in [6.45, 7) is 0. The van der Waals surface area contributed by atoms with Gasteiger partial charge < -0.3 is 16.4 Å². The molecule has 1 atom stereocenters. The summed E-state index contributed by atoms with van der Waals surface area (Å²) in [5, 5.41) is 4.94. The van der Waals surface area contributed by atoms with Gasteiger partial charge >= 0.3 is 6.03 Å². The molecular weight excluding hydrogens is 285 g/mol. The van der Waals surface area contributed by atoms with Crippen LogP contribution < -0.4 is 16.4 Å². The van der Waals surface area contributed by atoms with Gasteiger partial charge in [-0.25, -0.2) is 9.18 Å². The molecule has 0 heterocycles. The van der Waals surface area contributed by atoms with Crippen molar-refractivity contribution < 1.29 is 14.0 Å². The van der Waals surface area contributed by atoms with Crippen molar-refractivity contribution in [3.8, 4) is 0 Å². The van der Waals surface area contributed by atoms with Crippen LogP contribution in [-0.4, -0.2) is 18.0 Å². The number of hydrogen-bond acceptors (Lipinski definition) is 2. The topological polar surface area (TPSA) is 84.2 Å². The molecule has 4 N–H and O–H groups in total. The summed E-state index contributed by atoms with van der Waals surface area (Å²) < 4.78 is 13.1. The molecule has 2 aromatic carbocycles. The van der Waals surface area contributed by atoms with Gasteiger partial charge in [0.1, 0.15) is 11.9 Å². The van der Waals surface area contributed by atoms with Crippen LogP contribution >= 0.6 is 0 Å². The van der Waals surface area contributed by atoms with Gasteiger partial charge in [0.25, 0.3) is 0 Å². The molecule has 2 rings (SSSR count). The lowest BCUT2D eigenvalue weighted by atomic mass is 10.1. The molecule has 0 radical (unpaired) electrons. The highest BCUT2D eigenvalue weighted by atomic mass is 19.1. The molecule has 0 aliphatic carbocycles. The van der Waals surface area contributed by atoms with Crippen LogP contribution in [0.1, 0.15) is 5.56 Å². The van der Waals surface area contributed by atoms with E-state index in [2.05, 4.69) is 10.6 Å². The highest BCUT2D eigenvalue weighted by Crippen LogP contribution is 2.09. The number of nitrogens with two attached hydrogens (primary N) is 1. The Hall–Kier alpha value is -2.89. The Morgan fingerprint density at radius 2 is 1.82 bits per heavy atom. The largest absolute Gasteiger partial charge is 0.368 e. The molecular formula is C16H16FN3O2. The predicted molar refractivity (Wildman–Crippen MR) is 81.7 cm³/mol. The minimum absolute atomic E-state index is 0.284. The van der Waals surface area contributed by atoms with Crippen LogP contribution in [0.2, 0.25) is 0 Å². The molecule has 0 spiro atoms. The maximum atomic E-state index is 13.1. The van der Waals surface area contributed by atoms with Gasteiger partial charge in [-0.2, -0.15) is 0 Å². The summed E-state index contributed by atoms with van der Waals surface area (Å²) in [6.07, 6.45) is 0.284. The van der Waals surface area contributed by atoms with Gasteiger partial charge in [0, 0.05) is 12.1 Å². The Kier molecular flexibility index (Phi) is 5.08. The van der Waals surface area contributed by atoms with Gasteiger partial charge in [-0.1, -0.05) is 36.4 Å². The second kappa shape index (κ2) is 7.21. The van der Waals surface area contributed by atoms with Gasteiger partial charge in [-0.15, -0.1) is 0 Å². The van der Waals surface area contributed by atoms with Crippen molar-refractivity contribution in [2.45, 2.75) is 12.5 Å². The zero-order valence-electron chi connectivity index (χ0n) is 11.8. The maximum absolute atomic E-state index is 13.1. The average molecular weight is 301 g/mol. The highest BCUT2D eigenvalue weighted by molar-refractivity contribution is 5.93. The third kappa shape index (κ3) is 4.59. The summed E-state index contributed by atoms with van der Waals surface area (Å²) in [4.78, 5) is 23.3. The molecule has 0 aliphatic rings. The van der Waals surface area contributed by atoms with E-state index in [1.54, 1.807) is 6.07 Å². The molecule has 0 saturated carbocycles. The summed E-state index contributed by atoms with van der Waals surface area (Å²) in [7, 11) is 0. The van der Waals surface area contributed by atoms with E-state index < -0.39 is 23.8 Å². The fourth-order valence-electron chi connectivity index (χ4n) is 1.96. The molecule has 0 fully saturated rings. The van der Waals surface area contributed by atoms with E-state index >= 15 is 0 Å². The number of nitrogens with one attached hydrogen (secondary N) is 2. The first-order chi connectivity index (χ1) is 10.5. The normalized spacial score (nSPS) is 11.5. The van der Waals surface area contributed by atoms with Crippen LogP contribution in [0.25, 0.3) is 0 Å². The van der Waals surface area contributed by atoms with Crippen LogP contribution in [0.4, 0.5) is 14.9 Å². The quantitative estimate of drug-likeness (QED) is 0.789. The van der Waals surface area contributed by atoms with Crippen molar-refractivity contribution >= 4 is 17.6 Å². The molecule has 0 unspecified atom stereocenters. The second-order valence-corrected chi connectivity index (χ2v) is 4.75. The number of anilines is 1. The Morgan fingerprint density at radius 1 is 1.09 bits per heavy atom. The molecule has 0 saturated heterocycles. The van der Waals surface area contributed by atoms with E-state index in [0.29, 0.717) is 5.69 Å². The van der Waals surface area contributed by atoms with E-state index in [1.807, 2.05) is 30.3 Å². The number of rotatable bonds is 5. The Bertz CT molecular complexity index is 661. The molecule has 0 aromatic heterocycles. The molecule has 3 amide bonds. The molecule has 0 aliphatic heterocycles. The smallest absolute Gasteiger partial charge is 0.319 e. The first kappa shape index (κ1) is 15.5. The SMILES string of the molecule is NC(=O)[C@H](Cc1ccccc1)NC(=O)Nc1cccc(F)c1. The molecule has 22 heavy (non-hydrogen) atoms. The fraction of sp³-hybridized carbons (Fsp3) is 0.125. The van der Waals surface area contributed by atoms with Crippen LogP contribution in [0, 0.1) is 5.82 Å². The monoisotopic (exact) mass is 301 g/mol. The average Bonchev–Trinajstić information content (AvgIpc) is 2.47. The summed E-state index contributed by atoms with van der Waals surface area (Å²) in [5.41, 5.74) is 6.47. The van der Waals surface area contributed by atoms with Crippen molar-refractivity contribution in [1.82, 2.24) is 5.32 Å². The van der Waals surface area contributed by atoms with Crippen LogP contribution in [0.5, 0.6) is 0 Å². The van der Waals surface area contributed by atoms with Gasteiger partial charge in [0.15, 0.2) is 0 Å². The second-order valence-electron chi connectivity index (χ2n) is 4.75. The Labute approximate surface area is 127 Å². The number of halogens is 1. The molecule has 5 nitrogen and oxygen atoms in total. The zero-order chi connectivity index (χ0) is 15.9. The van der Waals surface area contributed by atoms with E-state index in [0.717, 1.165) is 5.56 Å². The number of benzene rings is 2. The summed E-state index contributed by atoms with van der Waals surface area (Å²) in [6, 6.07) is 13.2.